The second-order valence-corrected chi connectivity index (χ2v) is 10.8. The van der Waals surface area contributed by atoms with Crippen LogP contribution in [-0.4, -0.2) is 14.5 Å². The highest BCUT2D eigenvalue weighted by Crippen LogP contribution is 2.50. The van der Waals surface area contributed by atoms with Gasteiger partial charge in [0.1, 0.15) is 11.3 Å². The number of para-hydroxylation sites is 3. The van der Waals surface area contributed by atoms with Crippen LogP contribution in [0.4, 0.5) is 17.1 Å². The predicted molar refractivity (Wildman–Crippen MR) is 173 cm³/mol. The van der Waals surface area contributed by atoms with E-state index in [1.807, 2.05) is 18.3 Å². The zero-order valence-corrected chi connectivity index (χ0v) is 23.5. The molecule has 0 fully saturated rings. The van der Waals surface area contributed by atoms with Crippen molar-refractivity contribution in [3.63, 3.8) is 0 Å². The quantitative estimate of drug-likeness (QED) is 0.224. The molecule has 4 nitrogen and oxygen atoms in total. The first kappa shape index (κ1) is 24.3. The maximum atomic E-state index is 5.08. The molecule has 0 spiro atoms. The van der Waals surface area contributed by atoms with Gasteiger partial charge >= 0.3 is 0 Å². The lowest BCUT2D eigenvalue weighted by molar-refractivity contribution is 1.04. The van der Waals surface area contributed by atoms with Crippen LogP contribution < -0.4 is 4.90 Å². The highest BCUT2D eigenvalue weighted by Gasteiger charge is 2.26. The first-order valence-corrected chi connectivity index (χ1v) is 14.3. The smallest absolute Gasteiger partial charge is 0.164 e. The predicted octanol–water partition coefficient (Wildman–Crippen LogP) is 9.82. The number of fused-ring (bicyclic) bond motifs is 6. The van der Waals surface area contributed by atoms with E-state index in [1.165, 1.54) is 33.4 Å². The van der Waals surface area contributed by atoms with Crippen LogP contribution in [0.15, 0.2) is 134 Å². The fourth-order valence-corrected chi connectivity index (χ4v) is 6.39. The molecular formula is C38H28N4. The number of anilines is 3. The molecule has 0 radical (unpaired) electrons. The van der Waals surface area contributed by atoms with Gasteiger partial charge in [-0.1, -0.05) is 78.9 Å². The van der Waals surface area contributed by atoms with Gasteiger partial charge < -0.3 is 4.90 Å². The van der Waals surface area contributed by atoms with E-state index in [2.05, 4.69) is 139 Å². The van der Waals surface area contributed by atoms with Crippen LogP contribution in [0.3, 0.4) is 0 Å². The molecule has 42 heavy (non-hydrogen) atoms. The molecule has 200 valence electrons. The topological polar surface area (TPSA) is 34.0 Å². The van der Waals surface area contributed by atoms with Crippen LogP contribution in [0, 0.1) is 13.8 Å². The van der Waals surface area contributed by atoms with Crippen molar-refractivity contribution in [2.75, 3.05) is 4.90 Å². The summed E-state index contributed by atoms with van der Waals surface area (Å²) >= 11 is 0. The van der Waals surface area contributed by atoms with Crippen molar-refractivity contribution in [3.8, 4) is 39.3 Å². The Morgan fingerprint density at radius 3 is 1.71 bits per heavy atom. The molecular weight excluding hydrogens is 512 g/mol. The number of hydrogen-bond donors (Lipinski definition) is 0. The summed E-state index contributed by atoms with van der Waals surface area (Å²) in [5.74, 6) is 0.886. The Morgan fingerprint density at radius 2 is 1.10 bits per heavy atom. The Kier molecular flexibility index (Phi) is 5.54. The zero-order valence-electron chi connectivity index (χ0n) is 23.5. The third-order valence-electron chi connectivity index (χ3n) is 8.26. The van der Waals surface area contributed by atoms with Gasteiger partial charge in [0.2, 0.25) is 0 Å². The maximum Gasteiger partial charge on any atom is 0.164 e. The number of aryl methyl sites for hydroxylation is 2. The molecule has 0 aliphatic carbocycles. The third-order valence-corrected chi connectivity index (χ3v) is 8.26. The molecule has 0 N–H and O–H groups in total. The molecule has 5 aromatic carbocycles. The van der Waals surface area contributed by atoms with Crippen molar-refractivity contribution >= 4 is 28.2 Å². The van der Waals surface area contributed by atoms with Gasteiger partial charge in [0.15, 0.2) is 5.65 Å². The summed E-state index contributed by atoms with van der Waals surface area (Å²) in [6.45, 7) is 4.30. The third kappa shape index (κ3) is 3.69. The van der Waals surface area contributed by atoms with E-state index in [0.29, 0.717) is 0 Å². The molecule has 0 amide bonds. The first-order chi connectivity index (χ1) is 20.7. The Hall–Kier alpha value is -5.48. The number of nitrogens with zero attached hydrogens (tertiary/aromatic N) is 4. The van der Waals surface area contributed by atoms with E-state index < -0.39 is 0 Å². The van der Waals surface area contributed by atoms with Gasteiger partial charge in [0.25, 0.3) is 0 Å². The van der Waals surface area contributed by atoms with Gasteiger partial charge in [-0.25, -0.2) is 9.97 Å². The van der Waals surface area contributed by atoms with E-state index in [0.717, 1.165) is 45.3 Å². The van der Waals surface area contributed by atoms with Crippen molar-refractivity contribution in [1.29, 1.82) is 0 Å². The van der Waals surface area contributed by atoms with E-state index in [4.69, 9.17) is 9.97 Å². The van der Waals surface area contributed by atoms with E-state index >= 15 is 0 Å². The van der Waals surface area contributed by atoms with Gasteiger partial charge in [-0.15, -0.1) is 0 Å². The fraction of sp³-hybridized carbons (Fsp3) is 0.0526. The molecule has 0 unspecified atom stereocenters. The molecule has 8 rings (SSSR count). The van der Waals surface area contributed by atoms with Gasteiger partial charge in [-0.3, -0.25) is 4.57 Å². The SMILES string of the molecule is Cc1cccc(C)c1-n1c(-c2ccc(N3c4ccccc4-c4ccccc4-c4ccccc43)cc2)nc2cccnc21. The lowest BCUT2D eigenvalue weighted by atomic mass is 9.95. The van der Waals surface area contributed by atoms with Crippen LogP contribution >= 0.6 is 0 Å². The number of aromatic nitrogens is 3. The monoisotopic (exact) mass is 540 g/mol. The molecule has 1 aliphatic heterocycles. The number of pyridine rings is 1. The Labute approximate surface area is 245 Å². The summed E-state index contributed by atoms with van der Waals surface area (Å²) in [6.07, 6.45) is 1.84. The average Bonchev–Trinajstić information content (AvgIpc) is 3.35. The Bertz CT molecular complexity index is 2030. The molecule has 0 bridgehead atoms. The van der Waals surface area contributed by atoms with Gasteiger partial charge in [-0.05, 0) is 84.6 Å². The van der Waals surface area contributed by atoms with Gasteiger partial charge in [0.05, 0.1) is 17.1 Å². The van der Waals surface area contributed by atoms with Crippen LogP contribution in [0.5, 0.6) is 0 Å². The molecule has 0 atom stereocenters. The van der Waals surface area contributed by atoms with Crippen LogP contribution in [0.2, 0.25) is 0 Å². The highest BCUT2D eigenvalue weighted by atomic mass is 15.2. The molecule has 7 aromatic rings. The number of benzene rings is 5. The number of rotatable bonds is 3. The van der Waals surface area contributed by atoms with Crippen molar-refractivity contribution in [3.05, 3.63) is 145 Å². The first-order valence-electron chi connectivity index (χ1n) is 14.3. The van der Waals surface area contributed by atoms with Crippen LogP contribution in [0.1, 0.15) is 11.1 Å². The minimum Gasteiger partial charge on any atom is -0.309 e. The second-order valence-electron chi connectivity index (χ2n) is 10.8. The second kappa shape index (κ2) is 9.57. The van der Waals surface area contributed by atoms with Crippen LogP contribution in [0.25, 0.3) is 50.5 Å². The summed E-state index contributed by atoms with van der Waals surface area (Å²) in [4.78, 5) is 12.2. The molecule has 3 heterocycles. The highest BCUT2D eigenvalue weighted by molar-refractivity contribution is 6.02. The summed E-state index contributed by atoms with van der Waals surface area (Å²) in [5.41, 5.74) is 14.6. The standard InChI is InChI=1S/C38H28N4/c1-25-11-9-12-26(2)36(25)42-37(40-33-17-10-24-39-38(33)42)27-20-22-28(23-21-27)41-34-18-7-5-15-31(34)29-13-3-4-14-30(29)32-16-6-8-19-35(32)41/h3-24H,1-2H3. The van der Waals surface area contributed by atoms with E-state index in [-0.39, 0.29) is 0 Å². The largest absolute Gasteiger partial charge is 0.309 e. The summed E-state index contributed by atoms with van der Waals surface area (Å²) in [6, 6.07) is 45.2. The summed E-state index contributed by atoms with van der Waals surface area (Å²) in [7, 11) is 0. The molecule has 0 saturated carbocycles. The van der Waals surface area contributed by atoms with Crippen molar-refractivity contribution < 1.29 is 0 Å². The Balaban J connectivity index is 1.32. The Morgan fingerprint density at radius 1 is 0.524 bits per heavy atom. The minimum atomic E-state index is 0.863. The molecule has 0 saturated heterocycles. The molecule has 2 aromatic heterocycles. The van der Waals surface area contributed by atoms with Crippen molar-refractivity contribution in [1.82, 2.24) is 14.5 Å². The minimum absolute atomic E-state index is 0.863. The maximum absolute atomic E-state index is 5.08. The molecule has 1 aliphatic rings. The van der Waals surface area contributed by atoms with E-state index in [9.17, 15) is 0 Å². The summed E-state index contributed by atoms with van der Waals surface area (Å²) < 4.78 is 2.21. The number of hydrogen-bond acceptors (Lipinski definition) is 3. The lowest BCUT2D eigenvalue weighted by Crippen LogP contribution is -2.10. The lowest BCUT2D eigenvalue weighted by Gasteiger charge is -2.27. The zero-order chi connectivity index (χ0) is 28.2. The van der Waals surface area contributed by atoms with Gasteiger partial charge in [0, 0.05) is 28.6 Å². The van der Waals surface area contributed by atoms with Crippen LogP contribution in [-0.2, 0) is 0 Å². The molecule has 4 heteroatoms. The van der Waals surface area contributed by atoms with Crippen molar-refractivity contribution in [2.45, 2.75) is 13.8 Å². The number of imidazole rings is 1. The van der Waals surface area contributed by atoms with E-state index in [1.54, 1.807) is 0 Å². The van der Waals surface area contributed by atoms with Crippen molar-refractivity contribution in [2.24, 2.45) is 0 Å². The summed E-state index contributed by atoms with van der Waals surface area (Å²) in [5, 5.41) is 0. The fourth-order valence-electron chi connectivity index (χ4n) is 6.39. The normalized spacial score (nSPS) is 12.0. The van der Waals surface area contributed by atoms with Gasteiger partial charge in [-0.2, -0.15) is 0 Å². The average molecular weight is 541 g/mol.